The molecule has 0 fully saturated rings. The summed E-state index contributed by atoms with van der Waals surface area (Å²) < 4.78 is 4.89. The highest BCUT2D eigenvalue weighted by Crippen LogP contribution is 2.34. The van der Waals surface area contributed by atoms with Crippen molar-refractivity contribution in [2.75, 3.05) is 28.8 Å². The van der Waals surface area contributed by atoms with Gasteiger partial charge in [-0.25, -0.2) is 4.79 Å². The summed E-state index contributed by atoms with van der Waals surface area (Å²) in [7, 11) is 1.22. The number of amides is 3. The third-order valence-corrected chi connectivity index (χ3v) is 8.01. The molecule has 0 aliphatic carbocycles. The van der Waals surface area contributed by atoms with Gasteiger partial charge in [-0.05, 0) is 48.9 Å². The Labute approximate surface area is 248 Å². The van der Waals surface area contributed by atoms with Crippen molar-refractivity contribution in [1.82, 2.24) is 0 Å². The molecule has 42 heavy (non-hydrogen) atoms. The van der Waals surface area contributed by atoms with E-state index in [2.05, 4.69) is 16.0 Å². The maximum atomic E-state index is 12.9. The van der Waals surface area contributed by atoms with Gasteiger partial charge >= 0.3 is 5.97 Å². The Morgan fingerprint density at radius 1 is 0.881 bits per heavy atom. The molecule has 0 bridgehead atoms. The van der Waals surface area contributed by atoms with Crippen molar-refractivity contribution in [2.45, 2.75) is 11.8 Å². The number of hydrogen-bond acceptors (Lipinski definition) is 9. The molecule has 0 saturated carbocycles. The van der Waals surface area contributed by atoms with Gasteiger partial charge in [0.15, 0.2) is 0 Å². The van der Waals surface area contributed by atoms with E-state index in [-0.39, 0.29) is 32.4 Å². The Kier molecular flexibility index (Phi) is 9.68. The Bertz CT molecular complexity index is 1670. The lowest BCUT2D eigenvalue weighted by Gasteiger charge is -2.08. The normalized spacial score (nSPS) is 10.4. The number of thiophene rings is 1. The molecule has 0 aliphatic heterocycles. The number of nitrogens with zero attached hydrogens (tertiary/aromatic N) is 1. The van der Waals surface area contributed by atoms with Crippen molar-refractivity contribution in [3.05, 3.63) is 111 Å². The van der Waals surface area contributed by atoms with E-state index in [0.29, 0.717) is 21.8 Å². The highest BCUT2D eigenvalue weighted by atomic mass is 32.2. The van der Waals surface area contributed by atoms with Gasteiger partial charge in [0.05, 0.1) is 28.2 Å². The highest BCUT2D eigenvalue weighted by molar-refractivity contribution is 8.00. The quantitative estimate of drug-likeness (QED) is 0.0863. The molecule has 3 aromatic carbocycles. The summed E-state index contributed by atoms with van der Waals surface area (Å²) in [6.45, 7) is 1.61. The fraction of sp³-hybridized carbons (Fsp3) is 0.103. The van der Waals surface area contributed by atoms with E-state index < -0.39 is 28.6 Å². The molecule has 0 radical (unpaired) electrons. The summed E-state index contributed by atoms with van der Waals surface area (Å²) in [5.41, 5.74) is 1.44. The number of non-ortho nitro benzene ring substituents is 1. The second-order valence-electron chi connectivity index (χ2n) is 8.70. The Morgan fingerprint density at radius 2 is 1.57 bits per heavy atom. The van der Waals surface area contributed by atoms with E-state index in [1.54, 1.807) is 55.5 Å². The number of thioether (sulfide) groups is 1. The molecule has 0 spiro atoms. The first-order valence-corrected chi connectivity index (χ1v) is 14.1. The van der Waals surface area contributed by atoms with Gasteiger partial charge in [0, 0.05) is 34.0 Å². The van der Waals surface area contributed by atoms with Crippen LogP contribution in [-0.2, 0) is 9.53 Å². The molecule has 0 atom stereocenters. The van der Waals surface area contributed by atoms with E-state index in [1.165, 1.54) is 43.1 Å². The van der Waals surface area contributed by atoms with Crippen LogP contribution in [0.3, 0.4) is 0 Å². The van der Waals surface area contributed by atoms with Gasteiger partial charge in [-0.1, -0.05) is 30.3 Å². The first kappa shape index (κ1) is 30.0. The molecular weight excluding hydrogens is 580 g/mol. The van der Waals surface area contributed by atoms with E-state index in [9.17, 15) is 29.3 Å². The van der Waals surface area contributed by atoms with Crippen molar-refractivity contribution in [3.63, 3.8) is 0 Å². The number of carbonyl (C=O) groups excluding carboxylic acids is 4. The monoisotopic (exact) mass is 604 g/mol. The van der Waals surface area contributed by atoms with Gasteiger partial charge in [-0.3, -0.25) is 24.5 Å². The molecule has 11 nitrogen and oxygen atoms in total. The van der Waals surface area contributed by atoms with Crippen LogP contribution in [0.2, 0.25) is 0 Å². The number of nitro groups is 1. The molecule has 0 saturated heterocycles. The average molecular weight is 605 g/mol. The van der Waals surface area contributed by atoms with Crippen molar-refractivity contribution in [1.29, 1.82) is 0 Å². The van der Waals surface area contributed by atoms with E-state index in [0.717, 1.165) is 11.3 Å². The lowest BCUT2D eigenvalue weighted by molar-refractivity contribution is -0.384. The predicted molar refractivity (Wildman–Crippen MR) is 162 cm³/mol. The van der Waals surface area contributed by atoms with Crippen LogP contribution in [0.15, 0.2) is 83.8 Å². The number of ether oxygens (including phenoxy) is 1. The van der Waals surface area contributed by atoms with Gasteiger partial charge in [0.1, 0.15) is 5.00 Å². The summed E-state index contributed by atoms with van der Waals surface area (Å²) in [5, 5.41) is 19.4. The number of rotatable bonds is 10. The molecule has 1 aromatic heterocycles. The molecule has 4 rings (SSSR count). The predicted octanol–water partition coefficient (Wildman–Crippen LogP) is 5.99. The molecule has 13 heteroatoms. The average Bonchev–Trinajstić information content (AvgIpc) is 3.31. The molecule has 1 heterocycles. The van der Waals surface area contributed by atoms with E-state index >= 15 is 0 Å². The van der Waals surface area contributed by atoms with Crippen LogP contribution in [0.5, 0.6) is 0 Å². The number of nitrogens with one attached hydrogen (secondary N) is 3. The van der Waals surface area contributed by atoms with E-state index in [4.69, 9.17) is 4.74 Å². The van der Waals surface area contributed by atoms with Crippen LogP contribution in [0.4, 0.5) is 22.1 Å². The minimum Gasteiger partial charge on any atom is -0.465 e. The number of esters is 1. The molecular formula is C29H24N4O7S2. The van der Waals surface area contributed by atoms with Crippen molar-refractivity contribution in [3.8, 4) is 0 Å². The van der Waals surface area contributed by atoms with Crippen LogP contribution in [0, 0.1) is 17.0 Å². The van der Waals surface area contributed by atoms with Crippen LogP contribution in [0.25, 0.3) is 0 Å². The minimum atomic E-state index is -0.683. The summed E-state index contributed by atoms with van der Waals surface area (Å²) in [6, 6.07) is 21.0. The molecule has 0 aliphatic rings. The number of methoxy groups -OCH3 is 1. The summed E-state index contributed by atoms with van der Waals surface area (Å²) >= 11 is 2.16. The summed E-state index contributed by atoms with van der Waals surface area (Å²) in [4.78, 5) is 62.2. The smallest absolute Gasteiger partial charge is 0.341 e. The fourth-order valence-electron chi connectivity index (χ4n) is 3.81. The van der Waals surface area contributed by atoms with Crippen molar-refractivity contribution < 1.29 is 28.8 Å². The van der Waals surface area contributed by atoms with Crippen molar-refractivity contribution in [2.24, 2.45) is 0 Å². The fourth-order valence-corrected chi connectivity index (χ4v) is 5.68. The highest BCUT2D eigenvalue weighted by Gasteiger charge is 2.26. The molecule has 3 N–H and O–H groups in total. The van der Waals surface area contributed by atoms with Gasteiger partial charge < -0.3 is 20.7 Å². The third-order valence-electron chi connectivity index (χ3n) is 5.81. The zero-order chi connectivity index (χ0) is 30.2. The van der Waals surface area contributed by atoms with E-state index in [1.807, 2.05) is 6.07 Å². The number of carbonyl (C=O) groups is 4. The zero-order valence-electron chi connectivity index (χ0n) is 22.3. The van der Waals surface area contributed by atoms with Crippen LogP contribution in [0.1, 0.15) is 36.0 Å². The standard InChI is InChI=1S/C29H24N4O7S2/c1-17-24(29(37)40-2)28(42-25(17)27(36)30-19-9-4-3-5-10-19)32-23(34)16-41-22-13-7-11-20(15-22)31-26(35)18-8-6-12-21(14-18)33(38)39/h3-15H,16H2,1-2H3,(H,30,36)(H,31,35)(H,32,34). The minimum absolute atomic E-state index is 0.0363. The Morgan fingerprint density at radius 3 is 2.29 bits per heavy atom. The summed E-state index contributed by atoms with van der Waals surface area (Å²) in [6.07, 6.45) is 0. The van der Waals surface area contributed by atoms with Gasteiger partial charge in [-0.15, -0.1) is 23.1 Å². The maximum Gasteiger partial charge on any atom is 0.341 e. The zero-order valence-corrected chi connectivity index (χ0v) is 24.0. The molecule has 3 amide bonds. The largest absolute Gasteiger partial charge is 0.465 e. The first-order valence-electron chi connectivity index (χ1n) is 12.3. The Hall–Kier alpha value is -5.01. The third kappa shape index (κ3) is 7.38. The maximum absolute atomic E-state index is 12.9. The van der Waals surface area contributed by atoms with Crippen LogP contribution < -0.4 is 16.0 Å². The second-order valence-corrected chi connectivity index (χ2v) is 10.8. The topological polar surface area (TPSA) is 157 Å². The number of para-hydroxylation sites is 1. The lowest BCUT2D eigenvalue weighted by atomic mass is 10.1. The molecule has 4 aromatic rings. The van der Waals surface area contributed by atoms with Gasteiger partial charge in [0.25, 0.3) is 17.5 Å². The lowest BCUT2D eigenvalue weighted by Crippen LogP contribution is -2.16. The van der Waals surface area contributed by atoms with Crippen LogP contribution >= 0.6 is 23.1 Å². The van der Waals surface area contributed by atoms with Crippen molar-refractivity contribution >= 4 is 68.9 Å². The van der Waals surface area contributed by atoms with Gasteiger partial charge in [-0.2, -0.15) is 0 Å². The number of nitro benzene ring substituents is 1. The Balaban J connectivity index is 1.42. The SMILES string of the molecule is COC(=O)c1c(NC(=O)CSc2cccc(NC(=O)c3cccc([N+](=O)[O-])c3)c2)sc(C(=O)Nc2ccccc2)c1C. The number of benzene rings is 3. The molecule has 0 unspecified atom stereocenters. The second kappa shape index (κ2) is 13.6. The molecule has 214 valence electrons. The van der Waals surface area contributed by atoms with Gasteiger partial charge in [0.2, 0.25) is 5.91 Å². The number of anilines is 3. The van der Waals surface area contributed by atoms with Crippen LogP contribution in [-0.4, -0.2) is 41.5 Å². The number of hydrogen-bond donors (Lipinski definition) is 3. The first-order chi connectivity index (χ1) is 20.2. The summed E-state index contributed by atoms with van der Waals surface area (Å²) in [5.74, 6) is -2.09.